The van der Waals surface area contributed by atoms with Crippen molar-refractivity contribution in [3.8, 4) is 11.1 Å². The van der Waals surface area contributed by atoms with Gasteiger partial charge in [0.15, 0.2) is 0 Å². The van der Waals surface area contributed by atoms with Crippen LogP contribution in [0.25, 0.3) is 11.1 Å². The van der Waals surface area contributed by atoms with Crippen LogP contribution in [-0.2, 0) is 5.41 Å². The third-order valence-corrected chi connectivity index (χ3v) is 5.75. The van der Waals surface area contributed by atoms with Crippen molar-refractivity contribution in [2.75, 3.05) is 12.4 Å². The van der Waals surface area contributed by atoms with E-state index in [2.05, 4.69) is 108 Å². The average Bonchev–Trinajstić information content (AvgIpc) is 3.06. The van der Waals surface area contributed by atoms with E-state index in [-0.39, 0.29) is 5.41 Å². The van der Waals surface area contributed by atoms with Gasteiger partial charge in [0.2, 0.25) is 0 Å². The summed E-state index contributed by atoms with van der Waals surface area (Å²) < 4.78 is 0. The van der Waals surface area contributed by atoms with Crippen molar-refractivity contribution in [1.82, 2.24) is 0 Å². The molecule has 0 spiro atoms. The highest BCUT2D eigenvalue weighted by atomic mass is 14.8. The molecule has 130 valence electrons. The summed E-state index contributed by atoms with van der Waals surface area (Å²) in [6, 6.07) is 37.2. The van der Waals surface area contributed by atoms with Gasteiger partial charge in [-0.25, -0.2) is 0 Å². The van der Waals surface area contributed by atoms with Gasteiger partial charge in [0.1, 0.15) is 0 Å². The standard InChI is InChI=1S/C26H21N/c1-27-24-18-10-17-23-25(24)21-15-8-9-16-22(21)26(23,19-11-4-2-5-12-19)20-13-6-3-7-14-20/h2-18,27H,1H3. The zero-order valence-electron chi connectivity index (χ0n) is 15.3. The monoisotopic (exact) mass is 347 g/mol. The van der Waals surface area contributed by atoms with E-state index in [0.717, 1.165) is 0 Å². The van der Waals surface area contributed by atoms with Crippen LogP contribution in [0.5, 0.6) is 0 Å². The second kappa shape index (κ2) is 6.14. The van der Waals surface area contributed by atoms with Gasteiger partial charge in [-0.1, -0.05) is 97.1 Å². The molecule has 0 saturated carbocycles. The van der Waals surface area contributed by atoms with Gasteiger partial charge in [0.25, 0.3) is 0 Å². The zero-order chi connectivity index (χ0) is 18.3. The second-order valence-corrected chi connectivity index (χ2v) is 7.01. The number of hydrogen-bond acceptors (Lipinski definition) is 1. The Hall–Kier alpha value is -3.32. The molecule has 0 bridgehead atoms. The molecule has 0 radical (unpaired) electrons. The molecule has 0 aliphatic heterocycles. The molecule has 1 aliphatic carbocycles. The highest BCUT2D eigenvalue weighted by Crippen LogP contribution is 2.57. The number of anilines is 1. The van der Waals surface area contributed by atoms with Crippen LogP contribution in [0.2, 0.25) is 0 Å². The molecule has 4 aromatic carbocycles. The Morgan fingerprint density at radius 1 is 0.556 bits per heavy atom. The lowest BCUT2D eigenvalue weighted by molar-refractivity contribution is 0.768. The maximum Gasteiger partial charge on any atom is 0.0714 e. The zero-order valence-corrected chi connectivity index (χ0v) is 15.3. The SMILES string of the molecule is CNc1cccc2c1-c1ccccc1C2(c1ccccc1)c1ccccc1. The molecular weight excluding hydrogens is 326 g/mol. The molecule has 27 heavy (non-hydrogen) atoms. The van der Waals surface area contributed by atoms with Crippen LogP contribution in [0, 0.1) is 0 Å². The summed E-state index contributed by atoms with van der Waals surface area (Å²) >= 11 is 0. The molecule has 0 saturated heterocycles. The predicted molar refractivity (Wildman–Crippen MR) is 113 cm³/mol. The number of rotatable bonds is 3. The smallest absolute Gasteiger partial charge is 0.0714 e. The van der Waals surface area contributed by atoms with E-state index in [4.69, 9.17) is 0 Å². The van der Waals surface area contributed by atoms with Crippen molar-refractivity contribution in [2.45, 2.75) is 5.41 Å². The third-order valence-electron chi connectivity index (χ3n) is 5.75. The number of benzene rings is 4. The Morgan fingerprint density at radius 2 is 1.11 bits per heavy atom. The first-order valence-corrected chi connectivity index (χ1v) is 9.39. The molecule has 1 aliphatic rings. The molecule has 0 fully saturated rings. The summed E-state index contributed by atoms with van der Waals surface area (Å²) in [6.07, 6.45) is 0. The fourth-order valence-electron chi connectivity index (χ4n) is 4.70. The summed E-state index contributed by atoms with van der Waals surface area (Å²) in [5.41, 5.74) is 8.78. The molecule has 1 heteroatoms. The van der Waals surface area contributed by atoms with Crippen LogP contribution in [0.3, 0.4) is 0 Å². The van der Waals surface area contributed by atoms with Crippen LogP contribution >= 0.6 is 0 Å². The minimum Gasteiger partial charge on any atom is -0.388 e. The topological polar surface area (TPSA) is 12.0 Å². The van der Waals surface area contributed by atoms with E-state index in [1.807, 2.05) is 7.05 Å². The van der Waals surface area contributed by atoms with Crippen molar-refractivity contribution in [3.05, 3.63) is 125 Å². The first kappa shape index (κ1) is 15.9. The Kier molecular flexibility index (Phi) is 3.61. The van der Waals surface area contributed by atoms with E-state index in [1.165, 1.54) is 39.1 Å². The van der Waals surface area contributed by atoms with Crippen molar-refractivity contribution in [2.24, 2.45) is 0 Å². The maximum atomic E-state index is 3.41. The largest absolute Gasteiger partial charge is 0.388 e. The Labute approximate surface area is 160 Å². The third kappa shape index (κ3) is 2.12. The highest BCUT2D eigenvalue weighted by molar-refractivity contribution is 5.93. The van der Waals surface area contributed by atoms with E-state index in [0.29, 0.717) is 0 Å². The summed E-state index contributed by atoms with van der Waals surface area (Å²) in [6.45, 7) is 0. The molecule has 0 atom stereocenters. The Balaban J connectivity index is 1.99. The highest BCUT2D eigenvalue weighted by Gasteiger charge is 2.46. The van der Waals surface area contributed by atoms with Gasteiger partial charge in [0, 0.05) is 18.3 Å². The van der Waals surface area contributed by atoms with Crippen molar-refractivity contribution in [3.63, 3.8) is 0 Å². The molecule has 0 unspecified atom stereocenters. The number of fused-ring (bicyclic) bond motifs is 3. The van der Waals surface area contributed by atoms with Gasteiger partial charge in [-0.2, -0.15) is 0 Å². The Morgan fingerprint density at radius 3 is 1.74 bits per heavy atom. The second-order valence-electron chi connectivity index (χ2n) is 7.01. The molecule has 5 rings (SSSR count). The predicted octanol–water partition coefficient (Wildman–Crippen LogP) is 6.09. The summed E-state index contributed by atoms with van der Waals surface area (Å²) in [5, 5.41) is 3.41. The van der Waals surface area contributed by atoms with Crippen molar-refractivity contribution in [1.29, 1.82) is 0 Å². The minimum absolute atomic E-state index is 0.304. The summed E-state index contributed by atoms with van der Waals surface area (Å²) in [4.78, 5) is 0. The van der Waals surface area contributed by atoms with Crippen LogP contribution in [0.1, 0.15) is 22.3 Å². The van der Waals surface area contributed by atoms with Crippen LogP contribution in [-0.4, -0.2) is 7.05 Å². The lowest BCUT2D eigenvalue weighted by atomic mass is 9.68. The van der Waals surface area contributed by atoms with Gasteiger partial charge in [0.05, 0.1) is 5.41 Å². The van der Waals surface area contributed by atoms with E-state index >= 15 is 0 Å². The molecule has 0 heterocycles. The number of hydrogen-bond donors (Lipinski definition) is 1. The fraction of sp³-hybridized carbons (Fsp3) is 0.0769. The van der Waals surface area contributed by atoms with E-state index in [1.54, 1.807) is 0 Å². The summed E-state index contributed by atoms with van der Waals surface area (Å²) in [7, 11) is 2.00. The normalized spacial score (nSPS) is 13.7. The fourth-order valence-corrected chi connectivity index (χ4v) is 4.70. The van der Waals surface area contributed by atoms with Gasteiger partial charge >= 0.3 is 0 Å². The molecule has 1 nitrogen and oxygen atoms in total. The van der Waals surface area contributed by atoms with Gasteiger partial charge in [-0.15, -0.1) is 0 Å². The Bertz CT molecular complexity index is 1060. The maximum absolute atomic E-state index is 3.41. The van der Waals surface area contributed by atoms with Gasteiger partial charge in [-0.3, -0.25) is 0 Å². The first-order valence-electron chi connectivity index (χ1n) is 9.39. The molecule has 0 aromatic heterocycles. The lowest BCUT2D eigenvalue weighted by Crippen LogP contribution is -2.28. The van der Waals surface area contributed by atoms with Crippen molar-refractivity contribution < 1.29 is 0 Å². The molecule has 0 amide bonds. The van der Waals surface area contributed by atoms with E-state index < -0.39 is 0 Å². The van der Waals surface area contributed by atoms with Crippen LogP contribution < -0.4 is 5.32 Å². The summed E-state index contributed by atoms with van der Waals surface area (Å²) in [5.74, 6) is 0. The minimum atomic E-state index is -0.304. The molecule has 4 aromatic rings. The average molecular weight is 347 g/mol. The van der Waals surface area contributed by atoms with Crippen LogP contribution in [0.15, 0.2) is 103 Å². The van der Waals surface area contributed by atoms with E-state index in [9.17, 15) is 0 Å². The van der Waals surface area contributed by atoms with Gasteiger partial charge < -0.3 is 5.32 Å². The lowest BCUT2D eigenvalue weighted by Gasteiger charge is -2.33. The molecular formula is C26H21N. The quantitative estimate of drug-likeness (QED) is 0.416. The molecule has 1 N–H and O–H groups in total. The van der Waals surface area contributed by atoms with Gasteiger partial charge in [-0.05, 0) is 33.9 Å². The van der Waals surface area contributed by atoms with Crippen LogP contribution in [0.4, 0.5) is 5.69 Å². The van der Waals surface area contributed by atoms with Crippen molar-refractivity contribution >= 4 is 5.69 Å². The first-order chi connectivity index (χ1) is 13.4. The number of nitrogens with one attached hydrogen (secondary N) is 1.